The lowest BCUT2D eigenvalue weighted by molar-refractivity contribution is -0.130. The van der Waals surface area contributed by atoms with E-state index < -0.39 is 0 Å². The Labute approximate surface area is 189 Å². The van der Waals surface area contributed by atoms with Gasteiger partial charge in [-0.3, -0.25) is 4.79 Å². The molecule has 2 aromatic carbocycles. The van der Waals surface area contributed by atoms with Crippen molar-refractivity contribution in [1.82, 2.24) is 9.88 Å². The van der Waals surface area contributed by atoms with Crippen molar-refractivity contribution in [3.63, 3.8) is 0 Å². The molecule has 0 saturated carbocycles. The molecular weight excluding hydrogens is 396 g/mol. The zero-order valence-corrected chi connectivity index (χ0v) is 18.7. The molecular formula is C27H28N4O. The fourth-order valence-electron chi connectivity index (χ4n) is 4.18. The third kappa shape index (κ3) is 4.65. The monoisotopic (exact) mass is 424 g/mol. The van der Waals surface area contributed by atoms with Crippen LogP contribution < -0.4 is 4.90 Å². The number of aromatic nitrogens is 1. The second kappa shape index (κ2) is 9.65. The number of anilines is 1. The van der Waals surface area contributed by atoms with E-state index in [0.29, 0.717) is 38.2 Å². The van der Waals surface area contributed by atoms with E-state index in [2.05, 4.69) is 36.9 Å². The first-order chi connectivity index (χ1) is 15.6. The van der Waals surface area contributed by atoms with E-state index in [1.807, 2.05) is 59.5 Å². The van der Waals surface area contributed by atoms with Gasteiger partial charge in [-0.15, -0.1) is 0 Å². The molecule has 0 aliphatic carbocycles. The molecule has 1 saturated heterocycles. The summed E-state index contributed by atoms with van der Waals surface area (Å²) >= 11 is 0. The first-order valence-electron chi connectivity index (χ1n) is 11.1. The zero-order valence-electron chi connectivity index (χ0n) is 18.7. The molecule has 0 bridgehead atoms. The maximum atomic E-state index is 12.7. The zero-order chi connectivity index (χ0) is 22.5. The summed E-state index contributed by atoms with van der Waals surface area (Å²) in [4.78, 5) is 21.8. The number of nitrogens with zero attached hydrogens (tertiary/aromatic N) is 4. The van der Waals surface area contributed by atoms with Gasteiger partial charge >= 0.3 is 0 Å². The molecule has 3 aromatic rings. The van der Waals surface area contributed by atoms with Crippen LogP contribution in [0.2, 0.25) is 0 Å². The fraction of sp³-hybridized carbons (Fsp3) is 0.296. The Bertz CT molecular complexity index is 1110. The number of rotatable bonds is 5. The van der Waals surface area contributed by atoms with E-state index >= 15 is 0 Å². The number of nitriles is 1. The predicted octanol–water partition coefficient (Wildman–Crippen LogP) is 4.63. The van der Waals surface area contributed by atoms with Crippen LogP contribution in [0.15, 0.2) is 66.7 Å². The highest BCUT2D eigenvalue weighted by atomic mass is 16.2. The molecule has 1 amide bonds. The van der Waals surface area contributed by atoms with Crippen molar-refractivity contribution >= 4 is 11.7 Å². The molecule has 4 rings (SSSR count). The molecule has 0 spiro atoms. The summed E-state index contributed by atoms with van der Waals surface area (Å²) in [5.74, 6) is 1.10. The van der Waals surface area contributed by atoms with Gasteiger partial charge in [-0.2, -0.15) is 5.26 Å². The quantitative estimate of drug-likeness (QED) is 0.599. The molecule has 1 aliphatic rings. The van der Waals surface area contributed by atoms with Crippen LogP contribution >= 0.6 is 0 Å². The number of pyridine rings is 1. The van der Waals surface area contributed by atoms with Crippen LogP contribution in [0.3, 0.4) is 0 Å². The summed E-state index contributed by atoms with van der Waals surface area (Å²) < 4.78 is 0. The molecule has 0 unspecified atom stereocenters. The van der Waals surface area contributed by atoms with Gasteiger partial charge in [-0.05, 0) is 23.1 Å². The number of hydrogen-bond acceptors (Lipinski definition) is 4. The van der Waals surface area contributed by atoms with Crippen molar-refractivity contribution in [2.24, 2.45) is 0 Å². The van der Waals surface area contributed by atoms with Crippen LogP contribution in [-0.4, -0.2) is 42.0 Å². The molecule has 5 heteroatoms. The Balaban J connectivity index is 1.53. The van der Waals surface area contributed by atoms with E-state index in [4.69, 9.17) is 4.98 Å². The predicted molar refractivity (Wildman–Crippen MR) is 127 cm³/mol. The first-order valence-corrected chi connectivity index (χ1v) is 11.1. The van der Waals surface area contributed by atoms with Gasteiger partial charge in [0.15, 0.2) is 0 Å². The summed E-state index contributed by atoms with van der Waals surface area (Å²) in [6.07, 6.45) is 0.422. The standard InChI is InChI=1S/C27H28N4O/c1-20(2)26-24(22-11-7-4-8-12-22)18-23(19-28)27(29-26)31-15-13-30(14-16-31)25(32)17-21-9-5-3-6-10-21/h3-12,18,20H,13-17H2,1-2H3. The molecule has 1 fully saturated rings. The smallest absolute Gasteiger partial charge is 0.227 e. The summed E-state index contributed by atoms with van der Waals surface area (Å²) in [6.45, 7) is 6.87. The summed E-state index contributed by atoms with van der Waals surface area (Å²) in [5, 5.41) is 9.87. The fourth-order valence-corrected chi connectivity index (χ4v) is 4.18. The largest absolute Gasteiger partial charge is 0.352 e. The SMILES string of the molecule is CC(C)c1nc(N2CCN(C(=O)Cc3ccccc3)CC2)c(C#N)cc1-c1ccccc1. The minimum absolute atomic E-state index is 0.145. The van der Waals surface area contributed by atoms with Crippen LogP contribution in [0, 0.1) is 11.3 Å². The summed E-state index contributed by atoms with van der Waals surface area (Å²) in [7, 11) is 0. The number of piperazine rings is 1. The Hall–Kier alpha value is -3.65. The number of benzene rings is 2. The summed E-state index contributed by atoms with van der Waals surface area (Å²) in [6, 6.07) is 24.3. The van der Waals surface area contributed by atoms with Crippen LogP contribution in [-0.2, 0) is 11.2 Å². The van der Waals surface area contributed by atoms with Crippen LogP contribution in [0.1, 0.15) is 36.6 Å². The van der Waals surface area contributed by atoms with Crippen molar-refractivity contribution in [2.45, 2.75) is 26.2 Å². The molecule has 1 aromatic heterocycles. The van der Waals surface area contributed by atoms with Crippen LogP contribution in [0.5, 0.6) is 0 Å². The molecule has 0 atom stereocenters. The average molecular weight is 425 g/mol. The Kier molecular flexibility index (Phi) is 6.51. The summed E-state index contributed by atoms with van der Waals surface area (Å²) in [5.41, 5.74) is 4.69. The van der Waals surface area contributed by atoms with Crippen molar-refractivity contribution in [1.29, 1.82) is 5.26 Å². The molecule has 1 aliphatic heterocycles. The Morgan fingerprint density at radius 3 is 2.22 bits per heavy atom. The second-order valence-corrected chi connectivity index (χ2v) is 8.46. The molecule has 0 N–H and O–H groups in total. The lowest BCUT2D eigenvalue weighted by Gasteiger charge is -2.36. The highest BCUT2D eigenvalue weighted by Crippen LogP contribution is 2.32. The number of hydrogen-bond donors (Lipinski definition) is 0. The lowest BCUT2D eigenvalue weighted by Crippen LogP contribution is -2.49. The van der Waals surface area contributed by atoms with E-state index in [9.17, 15) is 10.1 Å². The van der Waals surface area contributed by atoms with Crippen molar-refractivity contribution < 1.29 is 4.79 Å². The van der Waals surface area contributed by atoms with Gasteiger partial charge in [0.25, 0.3) is 0 Å². The van der Waals surface area contributed by atoms with Crippen LogP contribution in [0.4, 0.5) is 5.82 Å². The molecule has 32 heavy (non-hydrogen) atoms. The first kappa shape index (κ1) is 21.6. The number of amides is 1. The van der Waals surface area contributed by atoms with Crippen molar-refractivity contribution in [3.05, 3.63) is 83.6 Å². The maximum Gasteiger partial charge on any atom is 0.227 e. The van der Waals surface area contributed by atoms with Crippen LogP contribution in [0.25, 0.3) is 11.1 Å². The van der Waals surface area contributed by atoms with E-state index in [1.54, 1.807) is 0 Å². The van der Waals surface area contributed by atoms with Gasteiger partial charge < -0.3 is 9.80 Å². The highest BCUT2D eigenvalue weighted by molar-refractivity contribution is 5.79. The van der Waals surface area contributed by atoms with E-state index in [-0.39, 0.29) is 11.8 Å². The molecule has 0 radical (unpaired) electrons. The van der Waals surface area contributed by atoms with Crippen molar-refractivity contribution in [3.8, 4) is 17.2 Å². The van der Waals surface area contributed by atoms with Gasteiger partial charge in [0.05, 0.1) is 17.7 Å². The molecule has 162 valence electrons. The van der Waals surface area contributed by atoms with E-state index in [1.165, 1.54) is 0 Å². The number of carbonyl (C=O) groups is 1. The third-order valence-corrected chi connectivity index (χ3v) is 5.91. The van der Waals surface area contributed by atoms with Gasteiger partial charge in [0.2, 0.25) is 5.91 Å². The van der Waals surface area contributed by atoms with Crippen molar-refractivity contribution in [2.75, 3.05) is 31.1 Å². The Morgan fingerprint density at radius 2 is 1.62 bits per heavy atom. The second-order valence-electron chi connectivity index (χ2n) is 8.46. The number of carbonyl (C=O) groups excluding carboxylic acids is 1. The van der Waals surface area contributed by atoms with Gasteiger partial charge in [0.1, 0.15) is 11.9 Å². The topological polar surface area (TPSA) is 60.2 Å². The highest BCUT2D eigenvalue weighted by Gasteiger charge is 2.25. The normalized spacial score (nSPS) is 13.8. The maximum absolute atomic E-state index is 12.7. The Morgan fingerprint density at radius 1 is 1.00 bits per heavy atom. The third-order valence-electron chi connectivity index (χ3n) is 5.91. The average Bonchev–Trinajstić information content (AvgIpc) is 2.84. The lowest BCUT2D eigenvalue weighted by atomic mass is 9.96. The van der Waals surface area contributed by atoms with Gasteiger partial charge in [0, 0.05) is 31.7 Å². The molecule has 5 nitrogen and oxygen atoms in total. The van der Waals surface area contributed by atoms with Gasteiger partial charge in [-0.1, -0.05) is 74.5 Å². The minimum Gasteiger partial charge on any atom is -0.352 e. The minimum atomic E-state index is 0.145. The van der Waals surface area contributed by atoms with E-state index in [0.717, 1.165) is 28.2 Å². The molecule has 2 heterocycles. The van der Waals surface area contributed by atoms with Gasteiger partial charge in [-0.25, -0.2) is 4.98 Å².